The van der Waals surface area contributed by atoms with Crippen molar-refractivity contribution in [3.05, 3.63) is 67.3 Å². The number of aromatic nitrogens is 6. The first-order valence-electron chi connectivity index (χ1n) is 12.3. The van der Waals surface area contributed by atoms with Gasteiger partial charge >= 0.3 is 0 Å². The minimum absolute atomic E-state index is 0.0196. The molecule has 0 aliphatic carbocycles. The zero-order chi connectivity index (χ0) is 25.1. The highest BCUT2D eigenvalue weighted by Gasteiger charge is 2.25. The SMILES string of the molecule is C=CC(=O)N[C@@H]1CCCN(c2nc(Nc3cnn(Cc4ccccc4)c3)c3ncn(C(C)C)c3n2)C1. The van der Waals surface area contributed by atoms with Crippen LogP contribution in [0.1, 0.15) is 38.3 Å². The van der Waals surface area contributed by atoms with Gasteiger partial charge in [0, 0.05) is 31.4 Å². The number of nitrogens with zero attached hydrogens (tertiary/aromatic N) is 7. The van der Waals surface area contributed by atoms with Crippen LogP contribution in [0.3, 0.4) is 0 Å². The van der Waals surface area contributed by atoms with E-state index in [4.69, 9.17) is 9.97 Å². The first kappa shape index (κ1) is 23.5. The molecule has 0 bridgehead atoms. The number of benzene rings is 1. The van der Waals surface area contributed by atoms with Crippen LogP contribution in [0.4, 0.5) is 17.5 Å². The number of anilines is 3. The molecule has 5 rings (SSSR count). The summed E-state index contributed by atoms with van der Waals surface area (Å²) in [7, 11) is 0. The maximum atomic E-state index is 11.8. The molecule has 10 heteroatoms. The number of imidazole rings is 1. The molecule has 0 saturated carbocycles. The molecule has 1 saturated heterocycles. The Labute approximate surface area is 210 Å². The molecule has 3 aromatic heterocycles. The highest BCUT2D eigenvalue weighted by atomic mass is 16.1. The number of carbonyl (C=O) groups excluding carboxylic acids is 1. The van der Waals surface area contributed by atoms with Gasteiger partial charge in [-0.25, -0.2) is 4.98 Å². The summed E-state index contributed by atoms with van der Waals surface area (Å²) in [5.74, 6) is 1.08. The summed E-state index contributed by atoms with van der Waals surface area (Å²) in [6.07, 6.45) is 8.71. The normalized spacial score (nSPS) is 15.9. The average Bonchev–Trinajstić information content (AvgIpc) is 3.51. The standard InChI is InChI=1S/C26H31N9O/c1-4-22(36)29-20-11-8-12-33(15-20)26-31-24(23-25(32-26)35(17-27-23)18(2)3)30-21-13-28-34(16-21)14-19-9-6-5-7-10-19/h4-7,9-10,13,16-18,20H,1,8,11-12,14-15H2,2-3H3,(H,29,36)(H,30,31,32)/t20-/m1/s1. The fourth-order valence-electron chi connectivity index (χ4n) is 4.47. The number of nitrogens with one attached hydrogen (secondary N) is 2. The maximum Gasteiger partial charge on any atom is 0.243 e. The van der Waals surface area contributed by atoms with E-state index in [1.165, 1.54) is 11.6 Å². The number of rotatable bonds is 8. The summed E-state index contributed by atoms with van der Waals surface area (Å²) < 4.78 is 3.94. The van der Waals surface area contributed by atoms with Crippen molar-refractivity contribution < 1.29 is 4.79 Å². The fraction of sp³-hybridized carbons (Fsp3) is 0.346. The van der Waals surface area contributed by atoms with E-state index in [1.807, 2.05) is 33.6 Å². The summed E-state index contributed by atoms with van der Waals surface area (Å²) in [6.45, 7) is 9.90. The van der Waals surface area contributed by atoms with E-state index < -0.39 is 0 Å². The van der Waals surface area contributed by atoms with Crippen molar-refractivity contribution in [1.82, 2.24) is 34.6 Å². The van der Waals surface area contributed by atoms with Crippen molar-refractivity contribution in [1.29, 1.82) is 0 Å². The molecule has 10 nitrogen and oxygen atoms in total. The van der Waals surface area contributed by atoms with Crippen molar-refractivity contribution in [2.75, 3.05) is 23.3 Å². The second kappa shape index (κ2) is 10.2. The smallest absolute Gasteiger partial charge is 0.243 e. The molecular weight excluding hydrogens is 454 g/mol. The zero-order valence-corrected chi connectivity index (χ0v) is 20.6. The third-order valence-electron chi connectivity index (χ3n) is 6.29. The lowest BCUT2D eigenvalue weighted by Crippen LogP contribution is -2.48. The van der Waals surface area contributed by atoms with Gasteiger partial charge in [-0.2, -0.15) is 15.1 Å². The minimum Gasteiger partial charge on any atom is -0.348 e. The van der Waals surface area contributed by atoms with E-state index in [1.54, 1.807) is 12.5 Å². The van der Waals surface area contributed by atoms with Gasteiger partial charge in [0.2, 0.25) is 11.9 Å². The van der Waals surface area contributed by atoms with Gasteiger partial charge in [-0.05, 0) is 38.3 Å². The molecule has 1 atom stereocenters. The Hall–Kier alpha value is -4.21. The van der Waals surface area contributed by atoms with Gasteiger partial charge in [0.15, 0.2) is 17.0 Å². The summed E-state index contributed by atoms with van der Waals surface area (Å²) in [5.41, 5.74) is 3.48. The zero-order valence-electron chi connectivity index (χ0n) is 20.6. The number of fused-ring (bicyclic) bond motifs is 1. The largest absolute Gasteiger partial charge is 0.348 e. The number of hydrogen-bond donors (Lipinski definition) is 2. The van der Waals surface area contributed by atoms with Crippen LogP contribution >= 0.6 is 0 Å². The van der Waals surface area contributed by atoms with E-state index in [0.717, 1.165) is 30.7 Å². The van der Waals surface area contributed by atoms with Gasteiger partial charge in [0.25, 0.3) is 0 Å². The second-order valence-corrected chi connectivity index (χ2v) is 9.33. The van der Waals surface area contributed by atoms with Crippen LogP contribution in [0.15, 0.2) is 61.7 Å². The predicted molar refractivity (Wildman–Crippen MR) is 140 cm³/mol. The van der Waals surface area contributed by atoms with Crippen molar-refractivity contribution in [3.63, 3.8) is 0 Å². The fourth-order valence-corrected chi connectivity index (χ4v) is 4.47. The Balaban J connectivity index is 1.44. The van der Waals surface area contributed by atoms with E-state index in [2.05, 4.69) is 58.2 Å². The minimum atomic E-state index is -0.161. The maximum absolute atomic E-state index is 11.8. The first-order valence-corrected chi connectivity index (χ1v) is 12.3. The third kappa shape index (κ3) is 5.07. The molecule has 1 fully saturated rings. The number of carbonyl (C=O) groups is 1. The van der Waals surface area contributed by atoms with Gasteiger partial charge in [-0.15, -0.1) is 0 Å². The summed E-state index contributed by atoms with van der Waals surface area (Å²) in [6, 6.07) is 10.4. The summed E-state index contributed by atoms with van der Waals surface area (Å²) in [4.78, 5) is 28.4. The molecule has 2 N–H and O–H groups in total. The Morgan fingerprint density at radius 2 is 2.08 bits per heavy atom. The number of piperidine rings is 1. The molecule has 1 aromatic carbocycles. The molecule has 1 aliphatic heterocycles. The van der Waals surface area contributed by atoms with Crippen molar-refractivity contribution >= 4 is 34.5 Å². The Morgan fingerprint density at radius 1 is 1.25 bits per heavy atom. The van der Waals surface area contributed by atoms with Gasteiger partial charge in [-0.3, -0.25) is 9.48 Å². The van der Waals surface area contributed by atoms with Crippen LogP contribution in [0.2, 0.25) is 0 Å². The molecule has 0 radical (unpaired) electrons. The molecule has 4 heterocycles. The van der Waals surface area contributed by atoms with Gasteiger partial charge in [0.05, 0.1) is 24.8 Å². The second-order valence-electron chi connectivity index (χ2n) is 9.33. The molecule has 4 aromatic rings. The van der Waals surface area contributed by atoms with Crippen molar-refractivity contribution in [2.45, 2.75) is 45.3 Å². The van der Waals surface area contributed by atoms with E-state index in [0.29, 0.717) is 30.4 Å². The summed E-state index contributed by atoms with van der Waals surface area (Å²) in [5, 5.41) is 10.9. The quantitative estimate of drug-likeness (QED) is 0.367. The molecule has 186 valence electrons. The van der Waals surface area contributed by atoms with E-state index in [-0.39, 0.29) is 18.0 Å². The lowest BCUT2D eigenvalue weighted by molar-refractivity contribution is -0.117. The van der Waals surface area contributed by atoms with Crippen LogP contribution in [0, 0.1) is 0 Å². The van der Waals surface area contributed by atoms with Crippen LogP contribution in [-0.4, -0.2) is 54.3 Å². The van der Waals surface area contributed by atoms with Crippen LogP contribution in [0.25, 0.3) is 11.2 Å². The van der Waals surface area contributed by atoms with E-state index in [9.17, 15) is 4.79 Å². The number of amides is 1. The van der Waals surface area contributed by atoms with Gasteiger partial charge < -0.3 is 20.1 Å². The highest BCUT2D eigenvalue weighted by Crippen LogP contribution is 2.28. The Morgan fingerprint density at radius 3 is 2.86 bits per heavy atom. The monoisotopic (exact) mass is 485 g/mol. The highest BCUT2D eigenvalue weighted by molar-refractivity contribution is 5.87. The molecule has 1 aliphatic rings. The molecule has 1 amide bonds. The third-order valence-corrected chi connectivity index (χ3v) is 6.29. The average molecular weight is 486 g/mol. The number of hydrogen-bond acceptors (Lipinski definition) is 7. The van der Waals surface area contributed by atoms with Gasteiger partial charge in [0.1, 0.15) is 0 Å². The van der Waals surface area contributed by atoms with Crippen LogP contribution in [0.5, 0.6) is 0 Å². The molecule has 0 unspecified atom stereocenters. The molecule has 36 heavy (non-hydrogen) atoms. The molecular formula is C26H31N9O. The predicted octanol–water partition coefficient (Wildman–Crippen LogP) is 3.67. The molecule has 0 spiro atoms. The summed E-state index contributed by atoms with van der Waals surface area (Å²) >= 11 is 0. The van der Waals surface area contributed by atoms with Crippen molar-refractivity contribution in [2.24, 2.45) is 0 Å². The lowest BCUT2D eigenvalue weighted by atomic mass is 10.1. The lowest BCUT2D eigenvalue weighted by Gasteiger charge is -2.33. The van der Waals surface area contributed by atoms with Crippen LogP contribution in [-0.2, 0) is 11.3 Å². The van der Waals surface area contributed by atoms with Crippen molar-refractivity contribution in [3.8, 4) is 0 Å². The topological polar surface area (TPSA) is 106 Å². The Kier molecular flexibility index (Phi) is 6.66. The van der Waals surface area contributed by atoms with Crippen LogP contribution < -0.4 is 15.5 Å². The van der Waals surface area contributed by atoms with E-state index >= 15 is 0 Å². The first-order chi connectivity index (χ1) is 17.5. The van der Waals surface area contributed by atoms with Gasteiger partial charge in [-0.1, -0.05) is 36.9 Å². The Bertz CT molecular complexity index is 1360.